The van der Waals surface area contributed by atoms with Gasteiger partial charge >= 0.3 is 0 Å². The van der Waals surface area contributed by atoms with Crippen molar-refractivity contribution in [2.45, 2.75) is 6.54 Å². The van der Waals surface area contributed by atoms with Crippen LogP contribution in [-0.2, 0) is 6.54 Å². The number of hydrogen-bond acceptors (Lipinski definition) is 1. The number of rotatable bonds is 3. The Kier molecular flexibility index (Phi) is 5.12. The van der Waals surface area contributed by atoms with E-state index < -0.39 is 0 Å². The van der Waals surface area contributed by atoms with Crippen LogP contribution in [-0.4, -0.2) is 0 Å². The molecule has 0 aliphatic heterocycles. The number of nitrogens with one attached hydrogen (secondary N) is 1. The van der Waals surface area contributed by atoms with Gasteiger partial charge in [0.05, 0.1) is 15.7 Å². The first-order valence-electron chi connectivity index (χ1n) is 5.29. The van der Waals surface area contributed by atoms with Crippen LogP contribution in [0.1, 0.15) is 5.56 Å². The molecule has 0 heterocycles. The van der Waals surface area contributed by atoms with Crippen LogP contribution < -0.4 is 5.32 Å². The molecule has 0 aliphatic carbocycles. The zero-order valence-corrected chi connectivity index (χ0v) is 14.2. The minimum absolute atomic E-state index is 0.333. The standard InChI is InChI=1S/C13H8Br2Cl2FN/c14-9-3-7(1-2-11(9)16)6-19-13-10(15)4-8(18)5-12(13)17/h1-5,19H,6H2. The molecule has 0 saturated carbocycles. The molecule has 0 saturated heterocycles. The summed E-state index contributed by atoms with van der Waals surface area (Å²) in [4.78, 5) is 0. The second kappa shape index (κ2) is 6.44. The first kappa shape index (κ1) is 15.1. The van der Waals surface area contributed by atoms with E-state index in [0.717, 1.165) is 10.0 Å². The molecule has 0 radical (unpaired) electrons. The molecule has 100 valence electrons. The molecule has 0 atom stereocenters. The molecule has 0 aromatic heterocycles. The molecule has 0 amide bonds. The maximum atomic E-state index is 13.1. The van der Waals surface area contributed by atoms with E-state index in [1.54, 1.807) is 0 Å². The van der Waals surface area contributed by atoms with Crippen molar-refractivity contribution >= 4 is 60.7 Å². The minimum atomic E-state index is -0.378. The van der Waals surface area contributed by atoms with Gasteiger partial charge in [0.2, 0.25) is 0 Å². The molecule has 0 bridgehead atoms. The summed E-state index contributed by atoms with van der Waals surface area (Å²) in [5.74, 6) is -0.378. The Balaban J connectivity index is 2.16. The first-order valence-corrected chi connectivity index (χ1v) is 7.64. The maximum Gasteiger partial charge on any atom is 0.125 e. The summed E-state index contributed by atoms with van der Waals surface area (Å²) >= 11 is 18.6. The van der Waals surface area contributed by atoms with Crippen molar-refractivity contribution in [1.82, 2.24) is 0 Å². The van der Waals surface area contributed by atoms with Crippen molar-refractivity contribution in [2.75, 3.05) is 5.32 Å². The molecule has 2 aromatic rings. The number of hydrogen-bond donors (Lipinski definition) is 1. The molecular weight excluding hydrogens is 420 g/mol. The minimum Gasteiger partial charge on any atom is -0.379 e. The third-order valence-electron chi connectivity index (χ3n) is 2.46. The lowest BCUT2D eigenvalue weighted by Gasteiger charge is -2.11. The van der Waals surface area contributed by atoms with E-state index in [1.807, 2.05) is 18.2 Å². The monoisotopic (exact) mass is 425 g/mol. The highest BCUT2D eigenvalue weighted by molar-refractivity contribution is 9.11. The largest absolute Gasteiger partial charge is 0.379 e. The molecule has 0 fully saturated rings. The van der Waals surface area contributed by atoms with E-state index in [0.29, 0.717) is 26.8 Å². The van der Waals surface area contributed by atoms with Crippen molar-refractivity contribution in [3.05, 3.63) is 60.7 Å². The van der Waals surface area contributed by atoms with Gasteiger partial charge in [0.25, 0.3) is 0 Å². The highest BCUT2D eigenvalue weighted by Crippen LogP contribution is 2.32. The Hall–Kier alpha value is -0.290. The molecule has 2 aromatic carbocycles. The second-order valence-electron chi connectivity index (χ2n) is 3.85. The average molecular weight is 428 g/mol. The first-order chi connectivity index (χ1) is 8.97. The predicted octanol–water partition coefficient (Wildman–Crippen LogP) is 6.27. The summed E-state index contributed by atoms with van der Waals surface area (Å²) in [7, 11) is 0. The molecule has 0 aliphatic rings. The maximum absolute atomic E-state index is 13.1. The Morgan fingerprint density at radius 3 is 2.37 bits per heavy atom. The smallest absolute Gasteiger partial charge is 0.125 e. The van der Waals surface area contributed by atoms with Crippen molar-refractivity contribution in [2.24, 2.45) is 0 Å². The van der Waals surface area contributed by atoms with Crippen molar-refractivity contribution in [3.63, 3.8) is 0 Å². The highest BCUT2D eigenvalue weighted by atomic mass is 79.9. The lowest BCUT2D eigenvalue weighted by atomic mass is 10.2. The van der Waals surface area contributed by atoms with Crippen LogP contribution in [0.4, 0.5) is 10.1 Å². The van der Waals surface area contributed by atoms with E-state index in [2.05, 4.69) is 37.2 Å². The predicted molar refractivity (Wildman–Crippen MR) is 85.6 cm³/mol. The lowest BCUT2D eigenvalue weighted by molar-refractivity contribution is 0.627. The van der Waals surface area contributed by atoms with Crippen molar-refractivity contribution < 1.29 is 4.39 Å². The fourth-order valence-electron chi connectivity index (χ4n) is 1.55. The topological polar surface area (TPSA) is 12.0 Å². The Labute approximate surface area is 137 Å². The Bertz CT molecular complexity index is 597. The molecule has 0 spiro atoms. The number of halogens is 5. The Morgan fingerprint density at radius 2 is 1.74 bits per heavy atom. The van der Waals surface area contributed by atoms with Crippen LogP contribution in [0.3, 0.4) is 0 Å². The fraction of sp³-hybridized carbons (Fsp3) is 0.0769. The summed E-state index contributed by atoms with van der Waals surface area (Å²) in [6, 6.07) is 8.27. The van der Waals surface area contributed by atoms with Gasteiger partial charge in [-0.05, 0) is 61.7 Å². The Morgan fingerprint density at radius 1 is 1.00 bits per heavy atom. The van der Waals surface area contributed by atoms with Gasteiger partial charge < -0.3 is 5.32 Å². The van der Waals surface area contributed by atoms with Gasteiger partial charge in [0.15, 0.2) is 0 Å². The van der Waals surface area contributed by atoms with Crippen LogP contribution in [0.25, 0.3) is 0 Å². The fourth-order valence-corrected chi connectivity index (χ4v) is 3.05. The van der Waals surface area contributed by atoms with Gasteiger partial charge in [-0.25, -0.2) is 4.39 Å². The third kappa shape index (κ3) is 3.85. The second-order valence-corrected chi connectivity index (χ2v) is 6.37. The zero-order chi connectivity index (χ0) is 14.0. The van der Waals surface area contributed by atoms with E-state index in [4.69, 9.17) is 23.2 Å². The van der Waals surface area contributed by atoms with Crippen molar-refractivity contribution in [1.29, 1.82) is 0 Å². The normalized spacial score (nSPS) is 10.6. The van der Waals surface area contributed by atoms with Crippen LogP contribution in [0.2, 0.25) is 10.0 Å². The summed E-state index contributed by atoms with van der Waals surface area (Å²) in [5.41, 5.74) is 1.69. The van der Waals surface area contributed by atoms with Gasteiger partial charge in [-0.15, -0.1) is 0 Å². The summed E-state index contributed by atoms with van der Waals surface area (Å²) in [6.07, 6.45) is 0. The summed E-state index contributed by atoms with van der Waals surface area (Å²) in [5, 5.41) is 4.15. The van der Waals surface area contributed by atoms with E-state index >= 15 is 0 Å². The molecule has 1 nitrogen and oxygen atoms in total. The molecule has 0 unspecified atom stereocenters. The van der Waals surface area contributed by atoms with Gasteiger partial charge in [0, 0.05) is 15.5 Å². The average Bonchev–Trinajstić information content (AvgIpc) is 2.32. The quantitative estimate of drug-likeness (QED) is 0.608. The molecule has 1 N–H and O–H groups in total. The van der Waals surface area contributed by atoms with Crippen LogP contribution in [0.5, 0.6) is 0 Å². The molecule has 2 rings (SSSR count). The molecule has 6 heteroatoms. The molecular formula is C13H8Br2Cl2FN. The number of benzene rings is 2. The lowest BCUT2D eigenvalue weighted by Crippen LogP contribution is -2.01. The SMILES string of the molecule is Fc1cc(Cl)c(NCc2ccc(Cl)c(Br)c2)c(Br)c1. The van der Waals surface area contributed by atoms with E-state index in [1.165, 1.54) is 12.1 Å². The van der Waals surface area contributed by atoms with Crippen LogP contribution >= 0.6 is 55.1 Å². The van der Waals surface area contributed by atoms with Crippen LogP contribution in [0.15, 0.2) is 39.3 Å². The summed E-state index contributed by atoms with van der Waals surface area (Å²) in [6.45, 7) is 0.555. The zero-order valence-electron chi connectivity index (χ0n) is 9.48. The van der Waals surface area contributed by atoms with Crippen LogP contribution in [0, 0.1) is 5.82 Å². The van der Waals surface area contributed by atoms with Gasteiger partial charge in [-0.3, -0.25) is 0 Å². The number of anilines is 1. The third-order valence-corrected chi connectivity index (χ3v) is 4.60. The molecule has 19 heavy (non-hydrogen) atoms. The summed E-state index contributed by atoms with van der Waals surface area (Å²) < 4.78 is 14.5. The van der Waals surface area contributed by atoms with Gasteiger partial charge in [-0.1, -0.05) is 29.3 Å². The van der Waals surface area contributed by atoms with Gasteiger partial charge in [0.1, 0.15) is 5.82 Å². The van der Waals surface area contributed by atoms with Crippen molar-refractivity contribution in [3.8, 4) is 0 Å². The van der Waals surface area contributed by atoms with Gasteiger partial charge in [-0.2, -0.15) is 0 Å². The van der Waals surface area contributed by atoms with E-state index in [9.17, 15) is 4.39 Å². The van der Waals surface area contributed by atoms with E-state index in [-0.39, 0.29) is 5.82 Å². The highest BCUT2D eigenvalue weighted by Gasteiger charge is 2.08.